The van der Waals surface area contributed by atoms with Gasteiger partial charge in [0.1, 0.15) is 11.3 Å². The Kier molecular flexibility index (Phi) is 3.32. The van der Waals surface area contributed by atoms with Crippen LogP contribution < -0.4 is 5.32 Å². The van der Waals surface area contributed by atoms with Gasteiger partial charge in [0.05, 0.1) is 10.4 Å². The average molecular weight is 371 g/mol. The largest absolute Gasteiger partial charge is 0.307 e. The molecule has 2 aromatic heterocycles. The van der Waals surface area contributed by atoms with Crippen LogP contribution in [-0.4, -0.2) is 9.97 Å². The van der Waals surface area contributed by atoms with Gasteiger partial charge in [0.15, 0.2) is 10.3 Å². The lowest BCUT2D eigenvalue weighted by Gasteiger charge is -2.13. The highest BCUT2D eigenvalue weighted by atomic mass is 32.2. The summed E-state index contributed by atoms with van der Waals surface area (Å²) >= 11 is 4.91. The van der Waals surface area contributed by atoms with Crippen LogP contribution in [0.4, 0.5) is 14.7 Å². The second-order valence-electron chi connectivity index (χ2n) is 5.31. The summed E-state index contributed by atoms with van der Waals surface area (Å²) in [5.74, 6) is 0.640. The van der Waals surface area contributed by atoms with Crippen molar-refractivity contribution in [3.05, 3.63) is 53.2 Å². The lowest BCUT2D eigenvalue weighted by atomic mass is 10.1. The lowest BCUT2D eigenvalue weighted by Crippen LogP contribution is -1.93. The van der Waals surface area contributed by atoms with E-state index in [9.17, 15) is 4.39 Å². The van der Waals surface area contributed by atoms with Crippen molar-refractivity contribution in [2.45, 2.75) is 10.6 Å². The van der Waals surface area contributed by atoms with Gasteiger partial charge in [-0.3, -0.25) is 0 Å². The number of thiazole rings is 2. The molecular weight excluding hydrogens is 361 g/mol. The van der Waals surface area contributed by atoms with Gasteiger partial charge in [-0.2, -0.15) is 0 Å². The number of aromatic nitrogens is 2. The van der Waals surface area contributed by atoms with Crippen LogP contribution in [0, 0.1) is 5.82 Å². The predicted octanol–water partition coefficient (Wildman–Crippen LogP) is 5.91. The molecule has 1 aliphatic heterocycles. The van der Waals surface area contributed by atoms with Gasteiger partial charge in [0, 0.05) is 21.1 Å². The molecule has 0 fully saturated rings. The Morgan fingerprint density at radius 1 is 0.958 bits per heavy atom. The van der Waals surface area contributed by atoms with Crippen LogP contribution in [0.5, 0.6) is 0 Å². The number of fused-ring (bicyclic) bond motifs is 4. The van der Waals surface area contributed by atoms with Crippen molar-refractivity contribution < 1.29 is 4.39 Å². The minimum atomic E-state index is -0.291. The molecule has 0 radical (unpaired) electrons. The van der Waals surface area contributed by atoms with Gasteiger partial charge in [-0.15, -0.1) is 23.1 Å². The summed E-state index contributed by atoms with van der Waals surface area (Å²) < 4.78 is 14.6. The maximum absolute atomic E-state index is 13.8. The van der Waals surface area contributed by atoms with Gasteiger partial charge < -0.3 is 5.32 Å². The fourth-order valence-electron chi connectivity index (χ4n) is 2.70. The van der Waals surface area contributed by atoms with Crippen molar-refractivity contribution in [2.75, 3.05) is 5.32 Å². The van der Waals surface area contributed by atoms with Gasteiger partial charge in [-0.05, 0) is 18.2 Å². The Balaban J connectivity index is 1.53. The van der Waals surface area contributed by atoms with E-state index in [1.807, 2.05) is 23.9 Å². The number of thioether (sulfide) groups is 1. The summed E-state index contributed by atoms with van der Waals surface area (Å²) in [7, 11) is 0. The molecule has 5 rings (SSSR count). The zero-order chi connectivity index (χ0) is 16.1. The Bertz CT molecular complexity index is 1070. The second kappa shape index (κ2) is 5.54. The summed E-state index contributed by atoms with van der Waals surface area (Å²) in [4.78, 5) is 11.6. The topological polar surface area (TPSA) is 37.8 Å². The number of hydrogen-bond acceptors (Lipinski definition) is 6. The monoisotopic (exact) mass is 371 g/mol. The van der Waals surface area contributed by atoms with E-state index in [1.165, 1.54) is 32.7 Å². The van der Waals surface area contributed by atoms with E-state index in [4.69, 9.17) is 4.98 Å². The van der Waals surface area contributed by atoms with Crippen LogP contribution in [0.15, 0.2) is 47.4 Å². The molecule has 1 N–H and O–H groups in total. The standard InChI is InChI=1S/C17H10FN3S3/c18-10-5-3-7-12-15(10)20-17(23-12)21-16-19-14-9-4-1-2-6-11(9)22-8-13(14)24-16/h1-7H,8H2,(H,19,20,21). The number of anilines is 2. The minimum Gasteiger partial charge on any atom is -0.307 e. The first-order chi connectivity index (χ1) is 11.8. The first kappa shape index (κ1) is 14.4. The van der Waals surface area contributed by atoms with Crippen LogP contribution >= 0.6 is 34.4 Å². The van der Waals surface area contributed by atoms with Gasteiger partial charge in [0.2, 0.25) is 0 Å². The van der Waals surface area contributed by atoms with Crippen molar-refractivity contribution in [1.29, 1.82) is 0 Å². The third-order valence-corrected chi connectivity index (χ3v) is 6.97. The van der Waals surface area contributed by atoms with Gasteiger partial charge >= 0.3 is 0 Å². The van der Waals surface area contributed by atoms with Crippen LogP contribution in [0.2, 0.25) is 0 Å². The van der Waals surface area contributed by atoms with E-state index in [1.54, 1.807) is 17.4 Å². The number of halogens is 1. The van der Waals surface area contributed by atoms with Crippen molar-refractivity contribution >= 4 is 54.9 Å². The molecule has 0 saturated heterocycles. The Morgan fingerprint density at radius 3 is 2.75 bits per heavy atom. The van der Waals surface area contributed by atoms with E-state index >= 15 is 0 Å². The zero-order valence-electron chi connectivity index (χ0n) is 12.2. The third-order valence-electron chi connectivity index (χ3n) is 3.78. The number of nitrogens with zero attached hydrogens (tertiary/aromatic N) is 2. The predicted molar refractivity (Wildman–Crippen MR) is 100.0 cm³/mol. The normalized spacial score (nSPS) is 12.9. The molecular formula is C17H10FN3S3. The molecule has 0 saturated carbocycles. The molecule has 4 aromatic rings. The number of hydrogen-bond donors (Lipinski definition) is 1. The smallest absolute Gasteiger partial charge is 0.190 e. The van der Waals surface area contributed by atoms with E-state index in [-0.39, 0.29) is 5.82 Å². The lowest BCUT2D eigenvalue weighted by molar-refractivity contribution is 0.637. The molecule has 1 aliphatic rings. The van der Waals surface area contributed by atoms with Crippen molar-refractivity contribution in [1.82, 2.24) is 9.97 Å². The first-order valence-electron chi connectivity index (χ1n) is 7.32. The number of para-hydroxylation sites is 1. The molecule has 7 heteroatoms. The summed E-state index contributed by atoms with van der Waals surface area (Å²) in [6.45, 7) is 0. The Labute approximate surface area is 149 Å². The van der Waals surface area contributed by atoms with E-state index in [0.717, 1.165) is 21.3 Å². The number of nitrogens with one attached hydrogen (secondary N) is 1. The zero-order valence-corrected chi connectivity index (χ0v) is 14.7. The maximum atomic E-state index is 13.8. The molecule has 3 heterocycles. The van der Waals surface area contributed by atoms with Crippen molar-refractivity contribution in [3.63, 3.8) is 0 Å². The molecule has 24 heavy (non-hydrogen) atoms. The summed E-state index contributed by atoms with van der Waals surface area (Å²) in [6, 6.07) is 13.3. The molecule has 2 aromatic carbocycles. The fourth-order valence-corrected chi connectivity index (χ4v) is 5.75. The molecule has 0 spiro atoms. The Morgan fingerprint density at radius 2 is 1.83 bits per heavy atom. The fraction of sp³-hybridized carbons (Fsp3) is 0.0588. The first-order valence-corrected chi connectivity index (χ1v) is 9.94. The number of benzene rings is 2. The highest BCUT2D eigenvalue weighted by Gasteiger charge is 2.21. The van der Waals surface area contributed by atoms with Crippen LogP contribution in [0.3, 0.4) is 0 Å². The maximum Gasteiger partial charge on any atom is 0.190 e. The van der Waals surface area contributed by atoms with Crippen molar-refractivity contribution in [3.8, 4) is 11.3 Å². The van der Waals surface area contributed by atoms with E-state index in [0.29, 0.717) is 10.6 Å². The molecule has 0 atom stereocenters. The summed E-state index contributed by atoms with van der Waals surface area (Å²) in [6.07, 6.45) is 0. The molecule has 0 unspecified atom stereocenters. The molecule has 3 nitrogen and oxygen atoms in total. The Hall–Kier alpha value is -1.96. The van der Waals surface area contributed by atoms with Crippen LogP contribution in [0.25, 0.3) is 21.5 Å². The summed E-state index contributed by atoms with van der Waals surface area (Å²) in [5, 5.41) is 4.72. The number of rotatable bonds is 2. The second-order valence-corrected chi connectivity index (χ2v) is 8.44. The highest BCUT2D eigenvalue weighted by Crippen LogP contribution is 2.45. The third kappa shape index (κ3) is 2.31. The van der Waals surface area contributed by atoms with E-state index in [2.05, 4.69) is 28.5 Å². The molecule has 0 aliphatic carbocycles. The minimum absolute atomic E-state index is 0.291. The van der Waals surface area contributed by atoms with Crippen LogP contribution in [0.1, 0.15) is 4.88 Å². The highest BCUT2D eigenvalue weighted by molar-refractivity contribution is 7.98. The van der Waals surface area contributed by atoms with Gasteiger partial charge in [-0.25, -0.2) is 14.4 Å². The molecule has 118 valence electrons. The van der Waals surface area contributed by atoms with Gasteiger partial charge in [0.25, 0.3) is 0 Å². The summed E-state index contributed by atoms with van der Waals surface area (Å²) in [5.41, 5.74) is 2.64. The quantitative estimate of drug-likeness (QED) is 0.475. The van der Waals surface area contributed by atoms with Crippen LogP contribution in [-0.2, 0) is 5.75 Å². The molecule has 0 bridgehead atoms. The van der Waals surface area contributed by atoms with Crippen molar-refractivity contribution in [2.24, 2.45) is 0 Å². The van der Waals surface area contributed by atoms with Gasteiger partial charge in [-0.1, -0.05) is 35.6 Å². The SMILES string of the molecule is Fc1cccc2sc(Nc3nc4c(s3)CSc3ccccc3-4)nc12. The molecule has 0 amide bonds. The van der Waals surface area contributed by atoms with E-state index < -0.39 is 0 Å². The average Bonchev–Trinajstić information content (AvgIpc) is 3.19.